The highest BCUT2D eigenvalue weighted by molar-refractivity contribution is 6.04. The van der Waals surface area contributed by atoms with Crippen molar-refractivity contribution in [2.75, 3.05) is 6.54 Å². The zero-order valence-corrected chi connectivity index (χ0v) is 11.9. The van der Waals surface area contributed by atoms with Crippen LogP contribution in [0.2, 0.25) is 0 Å². The van der Waals surface area contributed by atoms with E-state index in [1.165, 1.54) is 0 Å². The minimum absolute atomic E-state index is 0.0439. The summed E-state index contributed by atoms with van der Waals surface area (Å²) < 4.78 is 0. The second kappa shape index (κ2) is 5.90. The number of nitrogens with zero attached hydrogens (tertiary/aromatic N) is 1. The van der Waals surface area contributed by atoms with Gasteiger partial charge in [0, 0.05) is 23.9 Å². The maximum Gasteiger partial charge on any atom is 0.240 e. The average molecular weight is 272 g/mol. The lowest BCUT2D eigenvalue weighted by Gasteiger charge is -2.24. The Morgan fingerprint density at radius 3 is 2.55 bits per heavy atom. The van der Waals surface area contributed by atoms with Crippen molar-refractivity contribution in [1.29, 1.82) is 0 Å². The van der Waals surface area contributed by atoms with Crippen molar-refractivity contribution in [3.63, 3.8) is 0 Å². The van der Waals surface area contributed by atoms with E-state index in [4.69, 9.17) is 5.73 Å². The molecule has 1 aliphatic heterocycles. The molecule has 0 bridgehead atoms. The Morgan fingerprint density at radius 1 is 1.30 bits per heavy atom. The SMILES string of the molecule is C/C(=C/C(=O)c1ccc(C)cc1)N1CCC[C@@H]1C(N)=O. The van der Waals surface area contributed by atoms with Crippen LogP contribution in [0.25, 0.3) is 0 Å². The number of allylic oxidation sites excluding steroid dienone is 2. The van der Waals surface area contributed by atoms with E-state index in [2.05, 4.69) is 0 Å². The van der Waals surface area contributed by atoms with Crippen LogP contribution in [-0.4, -0.2) is 29.2 Å². The third-order valence-corrected chi connectivity index (χ3v) is 3.71. The number of carbonyl (C=O) groups is 2. The van der Waals surface area contributed by atoms with Crippen LogP contribution in [0.3, 0.4) is 0 Å². The van der Waals surface area contributed by atoms with Crippen LogP contribution in [0.4, 0.5) is 0 Å². The summed E-state index contributed by atoms with van der Waals surface area (Å²) in [6, 6.07) is 7.18. The summed E-state index contributed by atoms with van der Waals surface area (Å²) in [7, 11) is 0. The largest absolute Gasteiger partial charge is 0.368 e. The van der Waals surface area contributed by atoms with Crippen LogP contribution in [0.15, 0.2) is 36.0 Å². The van der Waals surface area contributed by atoms with Gasteiger partial charge in [0.25, 0.3) is 0 Å². The highest BCUT2D eigenvalue weighted by Gasteiger charge is 2.29. The van der Waals surface area contributed by atoms with Crippen molar-refractivity contribution in [3.8, 4) is 0 Å². The summed E-state index contributed by atoms with van der Waals surface area (Å²) in [5.41, 5.74) is 7.97. The van der Waals surface area contributed by atoms with E-state index in [1.54, 1.807) is 6.08 Å². The summed E-state index contributed by atoms with van der Waals surface area (Å²) >= 11 is 0. The predicted octanol–water partition coefficient (Wildman–Crippen LogP) is 2.03. The number of aryl methyl sites for hydroxylation is 1. The molecule has 0 aliphatic carbocycles. The van der Waals surface area contributed by atoms with E-state index in [9.17, 15) is 9.59 Å². The Labute approximate surface area is 119 Å². The molecule has 2 N–H and O–H groups in total. The molecule has 1 aromatic carbocycles. The van der Waals surface area contributed by atoms with E-state index < -0.39 is 0 Å². The summed E-state index contributed by atoms with van der Waals surface area (Å²) in [5, 5.41) is 0. The first kappa shape index (κ1) is 14.3. The number of likely N-dealkylation sites (tertiary alicyclic amines) is 1. The molecule has 0 aromatic heterocycles. The molecule has 1 aromatic rings. The van der Waals surface area contributed by atoms with Crippen LogP contribution in [0.1, 0.15) is 35.7 Å². The van der Waals surface area contributed by atoms with Gasteiger partial charge in [0.1, 0.15) is 6.04 Å². The van der Waals surface area contributed by atoms with Gasteiger partial charge in [-0.15, -0.1) is 0 Å². The summed E-state index contributed by atoms with van der Waals surface area (Å²) in [5.74, 6) is -0.365. The van der Waals surface area contributed by atoms with Crippen molar-refractivity contribution in [2.45, 2.75) is 32.7 Å². The smallest absolute Gasteiger partial charge is 0.240 e. The summed E-state index contributed by atoms with van der Waals surface area (Å²) in [4.78, 5) is 25.5. The average Bonchev–Trinajstić information content (AvgIpc) is 2.88. The molecule has 1 aliphatic rings. The van der Waals surface area contributed by atoms with Gasteiger partial charge in [-0.05, 0) is 26.7 Å². The quantitative estimate of drug-likeness (QED) is 0.674. The number of carbonyl (C=O) groups excluding carboxylic acids is 2. The van der Waals surface area contributed by atoms with E-state index in [0.717, 1.165) is 30.6 Å². The second-order valence-corrected chi connectivity index (χ2v) is 5.27. The fraction of sp³-hybridized carbons (Fsp3) is 0.375. The Balaban J connectivity index is 2.15. The van der Waals surface area contributed by atoms with Gasteiger partial charge in [0.2, 0.25) is 5.91 Å². The molecule has 0 unspecified atom stereocenters. The lowest BCUT2D eigenvalue weighted by atomic mass is 10.1. The number of hydrogen-bond donors (Lipinski definition) is 1. The third-order valence-electron chi connectivity index (χ3n) is 3.71. The van der Waals surface area contributed by atoms with Gasteiger partial charge in [0.05, 0.1) is 0 Å². The molecule has 1 amide bonds. The molecule has 1 heterocycles. The van der Waals surface area contributed by atoms with Gasteiger partial charge in [-0.25, -0.2) is 0 Å². The van der Waals surface area contributed by atoms with Gasteiger partial charge >= 0.3 is 0 Å². The number of hydrogen-bond acceptors (Lipinski definition) is 3. The molecule has 1 saturated heterocycles. The number of amides is 1. The molecule has 4 nitrogen and oxygen atoms in total. The first-order valence-corrected chi connectivity index (χ1v) is 6.84. The molecule has 0 saturated carbocycles. The van der Waals surface area contributed by atoms with Crippen molar-refractivity contribution in [1.82, 2.24) is 4.90 Å². The first-order chi connectivity index (χ1) is 9.49. The highest BCUT2D eigenvalue weighted by atomic mass is 16.1. The molecule has 1 fully saturated rings. The fourth-order valence-electron chi connectivity index (χ4n) is 2.56. The number of benzene rings is 1. The van der Waals surface area contributed by atoms with E-state index in [-0.39, 0.29) is 17.7 Å². The summed E-state index contributed by atoms with van der Waals surface area (Å²) in [6.45, 7) is 4.61. The maximum absolute atomic E-state index is 12.2. The number of primary amides is 1. The van der Waals surface area contributed by atoms with E-state index in [0.29, 0.717) is 5.56 Å². The van der Waals surface area contributed by atoms with E-state index >= 15 is 0 Å². The lowest BCUT2D eigenvalue weighted by Crippen LogP contribution is -2.39. The van der Waals surface area contributed by atoms with Crippen LogP contribution < -0.4 is 5.73 Å². The van der Waals surface area contributed by atoms with Gasteiger partial charge in [-0.2, -0.15) is 0 Å². The lowest BCUT2D eigenvalue weighted by molar-refractivity contribution is -0.121. The zero-order valence-electron chi connectivity index (χ0n) is 11.9. The van der Waals surface area contributed by atoms with Crippen LogP contribution >= 0.6 is 0 Å². The standard InChI is InChI=1S/C16H20N2O2/c1-11-5-7-13(8-6-11)15(19)10-12(2)18-9-3-4-14(18)16(17)20/h5-8,10,14H,3-4,9H2,1-2H3,(H2,17,20)/b12-10-/t14-/m1/s1. The Morgan fingerprint density at radius 2 is 1.95 bits per heavy atom. The predicted molar refractivity (Wildman–Crippen MR) is 78.2 cm³/mol. The Bertz CT molecular complexity index is 546. The van der Waals surface area contributed by atoms with Crippen LogP contribution in [-0.2, 0) is 4.79 Å². The van der Waals surface area contributed by atoms with Crippen molar-refractivity contribution in [3.05, 3.63) is 47.2 Å². The second-order valence-electron chi connectivity index (χ2n) is 5.27. The molecule has 0 spiro atoms. The summed E-state index contributed by atoms with van der Waals surface area (Å²) in [6.07, 6.45) is 3.28. The molecule has 4 heteroatoms. The minimum atomic E-state index is -0.321. The maximum atomic E-state index is 12.2. The van der Waals surface area contributed by atoms with E-state index in [1.807, 2.05) is 43.0 Å². The molecule has 20 heavy (non-hydrogen) atoms. The Hall–Kier alpha value is -2.10. The van der Waals surface area contributed by atoms with Crippen LogP contribution in [0.5, 0.6) is 0 Å². The fourth-order valence-corrected chi connectivity index (χ4v) is 2.56. The van der Waals surface area contributed by atoms with Gasteiger partial charge in [-0.1, -0.05) is 29.8 Å². The number of ketones is 1. The van der Waals surface area contributed by atoms with Crippen molar-refractivity contribution >= 4 is 11.7 Å². The van der Waals surface area contributed by atoms with Gasteiger partial charge in [0.15, 0.2) is 5.78 Å². The van der Waals surface area contributed by atoms with Crippen molar-refractivity contribution in [2.24, 2.45) is 5.73 Å². The number of rotatable bonds is 4. The number of nitrogens with two attached hydrogens (primary N) is 1. The zero-order chi connectivity index (χ0) is 14.7. The topological polar surface area (TPSA) is 63.4 Å². The molecule has 2 rings (SSSR count). The first-order valence-electron chi connectivity index (χ1n) is 6.84. The monoisotopic (exact) mass is 272 g/mol. The normalized spacial score (nSPS) is 19.2. The van der Waals surface area contributed by atoms with Gasteiger partial charge in [-0.3, -0.25) is 9.59 Å². The molecule has 0 radical (unpaired) electrons. The minimum Gasteiger partial charge on any atom is -0.368 e. The Kier molecular flexibility index (Phi) is 4.23. The highest BCUT2D eigenvalue weighted by Crippen LogP contribution is 2.22. The molecular formula is C16H20N2O2. The molecular weight excluding hydrogens is 252 g/mol. The van der Waals surface area contributed by atoms with Crippen LogP contribution in [0, 0.1) is 6.92 Å². The molecule has 1 atom stereocenters. The van der Waals surface area contributed by atoms with Gasteiger partial charge < -0.3 is 10.6 Å². The van der Waals surface area contributed by atoms with Crippen molar-refractivity contribution < 1.29 is 9.59 Å². The third kappa shape index (κ3) is 3.07. The molecule has 106 valence electrons.